The molecule has 0 aliphatic carbocycles. The van der Waals surface area contributed by atoms with Crippen molar-refractivity contribution in [1.82, 2.24) is 0 Å². The van der Waals surface area contributed by atoms with Crippen LogP contribution in [-0.4, -0.2) is 31.4 Å². The third-order valence-corrected chi connectivity index (χ3v) is 2.87. The van der Waals surface area contributed by atoms with Crippen molar-refractivity contribution >= 4 is 11.9 Å². The highest BCUT2D eigenvalue weighted by Crippen LogP contribution is 2.20. The van der Waals surface area contributed by atoms with Crippen molar-refractivity contribution in [2.45, 2.75) is 46.3 Å². The van der Waals surface area contributed by atoms with Crippen molar-refractivity contribution < 1.29 is 23.8 Å². The smallest absolute Gasteiger partial charge is 0.309 e. The first-order valence-corrected chi connectivity index (χ1v) is 6.43. The van der Waals surface area contributed by atoms with E-state index in [-0.39, 0.29) is 11.9 Å². The second-order valence-corrected chi connectivity index (χ2v) is 4.97. The summed E-state index contributed by atoms with van der Waals surface area (Å²) in [7, 11) is 0. The van der Waals surface area contributed by atoms with Crippen LogP contribution in [0.1, 0.15) is 40.0 Å². The molecule has 0 radical (unpaired) electrons. The van der Waals surface area contributed by atoms with Crippen LogP contribution in [-0.2, 0) is 23.8 Å². The van der Waals surface area contributed by atoms with E-state index in [1.54, 1.807) is 0 Å². The van der Waals surface area contributed by atoms with E-state index in [2.05, 4.69) is 0 Å². The van der Waals surface area contributed by atoms with E-state index in [4.69, 9.17) is 14.2 Å². The van der Waals surface area contributed by atoms with Crippen LogP contribution in [0.2, 0.25) is 0 Å². The first-order chi connectivity index (χ1) is 8.49. The summed E-state index contributed by atoms with van der Waals surface area (Å²) in [6.45, 7) is 6.40. The van der Waals surface area contributed by atoms with Gasteiger partial charge in [0.2, 0.25) is 6.29 Å². The van der Waals surface area contributed by atoms with Gasteiger partial charge in [0, 0.05) is 32.5 Å². The maximum Gasteiger partial charge on any atom is 0.309 e. The zero-order valence-corrected chi connectivity index (χ0v) is 11.3. The van der Waals surface area contributed by atoms with Gasteiger partial charge in [-0.3, -0.25) is 9.59 Å². The Morgan fingerprint density at radius 1 is 1.22 bits per heavy atom. The molecule has 1 atom stereocenters. The van der Waals surface area contributed by atoms with E-state index in [1.807, 2.05) is 13.8 Å². The molecule has 104 valence electrons. The third-order valence-electron chi connectivity index (χ3n) is 2.87. The average molecular weight is 258 g/mol. The van der Waals surface area contributed by atoms with Gasteiger partial charge in [-0.2, -0.15) is 0 Å². The van der Waals surface area contributed by atoms with Crippen molar-refractivity contribution in [3.05, 3.63) is 0 Å². The van der Waals surface area contributed by atoms with Crippen LogP contribution < -0.4 is 0 Å². The number of carbonyl (C=O) groups is 2. The first kappa shape index (κ1) is 15.0. The number of esters is 2. The highest BCUT2D eigenvalue weighted by molar-refractivity contribution is 5.70. The van der Waals surface area contributed by atoms with Gasteiger partial charge in [-0.1, -0.05) is 13.8 Å². The molecule has 1 aliphatic rings. The molecule has 0 aromatic carbocycles. The third kappa shape index (κ3) is 5.49. The van der Waals surface area contributed by atoms with E-state index in [0.29, 0.717) is 25.6 Å². The monoisotopic (exact) mass is 258 g/mol. The van der Waals surface area contributed by atoms with Gasteiger partial charge >= 0.3 is 11.9 Å². The average Bonchev–Trinajstić information content (AvgIpc) is 2.28. The molecule has 5 heteroatoms. The van der Waals surface area contributed by atoms with Gasteiger partial charge in [-0.05, 0) is 18.8 Å². The van der Waals surface area contributed by atoms with Crippen LogP contribution >= 0.6 is 0 Å². The minimum absolute atomic E-state index is 0.0486. The predicted octanol–water partition coefficient (Wildman–Crippen LogP) is 1.89. The zero-order chi connectivity index (χ0) is 13.5. The Morgan fingerprint density at radius 3 is 2.33 bits per heavy atom. The van der Waals surface area contributed by atoms with Crippen molar-refractivity contribution in [2.75, 3.05) is 13.2 Å². The Bertz CT molecular complexity index is 281. The number of hydrogen-bond acceptors (Lipinski definition) is 5. The second kappa shape index (κ2) is 7.36. The number of ether oxygens (including phenoxy) is 3. The fraction of sp³-hybridized carbons (Fsp3) is 0.846. The number of carbonyl (C=O) groups excluding carboxylic acids is 2. The Kier molecular flexibility index (Phi) is 6.12. The first-order valence-electron chi connectivity index (χ1n) is 6.43. The molecule has 1 rings (SSSR count). The van der Waals surface area contributed by atoms with Gasteiger partial charge in [-0.25, -0.2) is 0 Å². The van der Waals surface area contributed by atoms with E-state index in [1.165, 1.54) is 6.92 Å². The molecule has 1 heterocycles. The molecular formula is C13H22O5. The Labute approximate surface area is 108 Å². The molecule has 1 saturated heterocycles. The Balaban J connectivity index is 2.37. The van der Waals surface area contributed by atoms with Gasteiger partial charge < -0.3 is 14.2 Å². The maximum absolute atomic E-state index is 11.8. The van der Waals surface area contributed by atoms with Crippen LogP contribution in [0.25, 0.3) is 0 Å². The van der Waals surface area contributed by atoms with Gasteiger partial charge in [0.15, 0.2) is 0 Å². The van der Waals surface area contributed by atoms with Crippen molar-refractivity contribution in [3.63, 3.8) is 0 Å². The largest absolute Gasteiger partial charge is 0.425 e. The van der Waals surface area contributed by atoms with E-state index >= 15 is 0 Å². The van der Waals surface area contributed by atoms with Crippen LogP contribution in [0.3, 0.4) is 0 Å². The van der Waals surface area contributed by atoms with Gasteiger partial charge in [0.25, 0.3) is 0 Å². The normalized spacial score (nSPS) is 18.4. The molecule has 1 unspecified atom stereocenters. The SMILES string of the molecule is CC(=O)OC(OC(=O)CC1CCOCC1)C(C)C. The van der Waals surface area contributed by atoms with E-state index in [0.717, 1.165) is 12.8 Å². The molecule has 0 aromatic rings. The molecule has 0 amide bonds. The summed E-state index contributed by atoms with van der Waals surface area (Å²) >= 11 is 0. The van der Waals surface area contributed by atoms with E-state index in [9.17, 15) is 9.59 Å². The summed E-state index contributed by atoms with van der Waals surface area (Å²) in [5.74, 6) is -0.474. The summed E-state index contributed by atoms with van der Waals surface area (Å²) in [5, 5.41) is 0. The van der Waals surface area contributed by atoms with Crippen molar-refractivity contribution in [2.24, 2.45) is 11.8 Å². The molecule has 0 bridgehead atoms. The van der Waals surface area contributed by atoms with Gasteiger partial charge in [0.05, 0.1) is 0 Å². The fourth-order valence-electron chi connectivity index (χ4n) is 1.82. The molecule has 5 nitrogen and oxygen atoms in total. The molecule has 18 heavy (non-hydrogen) atoms. The molecule has 1 fully saturated rings. The van der Waals surface area contributed by atoms with Crippen LogP contribution in [0.4, 0.5) is 0 Å². The summed E-state index contributed by atoms with van der Waals surface area (Å²) in [6.07, 6.45) is 1.35. The Hall–Kier alpha value is -1.10. The van der Waals surface area contributed by atoms with Crippen molar-refractivity contribution in [1.29, 1.82) is 0 Å². The van der Waals surface area contributed by atoms with Crippen molar-refractivity contribution in [3.8, 4) is 0 Å². The molecule has 0 aromatic heterocycles. The van der Waals surface area contributed by atoms with Crippen LogP contribution in [0, 0.1) is 11.8 Å². The maximum atomic E-state index is 11.8. The topological polar surface area (TPSA) is 61.8 Å². The highest BCUT2D eigenvalue weighted by Gasteiger charge is 2.24. The standard InChI is InChI=1S/C13H22O5/c1-9(2)13(17-10(3)14)18-12(15)8-11-4-6-16-7-5-11/h9,11,13H,4-8H2,1-3H3. The Morgan fingerprint density at radius 2 is 1.83 bits per heavy atom. The zero-order valence-electron chi connectivity index (χ0n) is 11.3. The lowest BCUT2D eigenvalue weighted by Crippen LogP contribution is -2.30. The molecular weight excluding hydrogens is 236 g/mol. The summed E-state index contributed by atoms with van der Waals surface area (Å²) in [6, 6.07) is 0. The number of hydrogen-bond donors (Lipinski definition) is 0. The molecule has 1 aliphatic heterocycles. The minimum Gasteiger partial charge on any atom is -0.425 e. The van der Waals surface area contributed by atoms with Gasteiger partial charge in [0.1, 0.15) is 0 Å². The minimum atomic E-state index is -0.783. The summed E-state index contributed by atoms with van der Waals surface area (Å²) in [4.78, 5) is 22.7. The van der Waals surface area contributed by atoms with Crippen LogP contribution in [0.15, 0.2) is 0 Å². The summed E-state index contributed by atoms with van der Waals surface area (Å²) in [5.41, 5.74) is 0. The lowest BCUT2D eigenvalue weighted by Gasteiger charge is -2.24. The molecule has 0 N–H and O–H groups in total. The summed E-state index contributed by atoms with van der Waals surface area (Å²) < 4.78 is 15.4. The van der Waals surface area contributed by atoms with Gasteiger partial charge in [-0.15, -0.1) is 0 Å². The molecule has 0 spiro atoms. The quantitative estimate of drug-likeness (QED) is 0.556. The number of rotatable bonds is 5. The van der Waals surface area contributed by atoms with E-state index < -0.39 is 12.3 Å². The lowest BCUT2D eigenvalue weighted by atomic mass is 9.97. The second-order valence-electron chi connectivity index (χ2n) is 4.97. The lowest BCUT2D eigenvalue weighted by molar-refractivity contribution is -0.195. The molecule has 0 saturated carbocycles. The predicted molar refractivity (Wildman–Crippen MR) is 64.6 cm³/mol. The fourth-order valence-corrected chi connectivity index (χ4v) is 1.82. The highest BCUT2D eigenvalue weighted by atomic mass is 16.7. The van der Waals surface area contributed by atoms with Crippen LogP contribution in [0.5, 0.6) is 0 Å².